The molecule has 0 bridgehead atoms. The van der Waals surface area contributed by atoms with Gasteiger partial charge in [-0.1, -0.05) is 25.1 Å². The van der Waals surface area contributed by atoms with Gasteiger partial charge in [0.25, 0.3) is 5.91 Å². The zero-order valence-corrected chi connectivity index (χ0v) is 23.2. The highest BCUT2D eigenvalue weighted by Crippen LogP contribution is 2.26. The molecule has 1 amide bonds. The van der Waals surface area contributed by atoms with E-state index in [4.69, 9.17) is 9.47 Å². The number of piperidine rings is 1. The van der Waals surface area contributed by atoms with Crippen LogP contribution in [-0.2, 0) is 14.3 Å². The second-order valence-electron chi connectivity index (χ2n) is 11.0. The first-order chi connectivity index (χ1) is 17.7. The summed E-state index contributed by atoms with van der Waals surface area (Å²) in [5.74, 6) is -0.356. The van der Waals surface area contributed by atoms with Crippen LogP contribution in [0.2, 0.25) is 0 Å². The first-order valence-electron chi connectivity index (χ1n) is 13.5. The summed E-state index contributed by atoms with van der Waals surface area (Å²) in [6.45, 7) is 11.5. The molecule has 0 aliphatic carbocycles. The number of amides is 1. The van der Waals surface area contributed by atoms with Crippen molar-refractivity contribution in [2.24, 2.45) is 0 Å². The van der Waals surface area contributed by atoms with Crippen LogP contribution in [0, 0.1) is 11.3 Å². The smallest absolute Gasteiger partial charge is 0.262 e. The van der Waals surface area contributed by atoms with Crippen molar-refractivity contribution in [2.45, 2.75) is 77.4 Å². The Morgan fingerprint density at radius 3 is 2.43 bits per heavy atom. The predicted molar refractivity (Wildman–Crippen MR) is 152 cm³/mol. The van der Waals surface area contributed by atoms with Gasteiger partial charge < -0.3 is 19.7 Å². The number of rotatable bonds is 12. The van der Waals surface area contributed by atoms with E-state index in [1.807, 2.05) is 39.8 Å². The number of carbonyl (C=O) groups is 1. The standard InChI is InChI=1S/C31H43N3O3/c1-6-31(4,15-19-37-30(2,3)14-18-36-5)33-29(35)27(23-32)21-24-10-11-26-22-28(13-12-25(26)20-24)34-16-8-7-9-17-34/h10-13,20-22H,6-9,14-19H2,1-5H3,(H,33,35). The Balaban J connectivity index is 1.67. The minimum Gasteiger partial charge on any atom is -0.385 e. The van der Waals surface area contributed by atoms with Crippen molar-refractivity contribution in [2.75, 3.05) is 38.3 Å². The average molecular weight is 506 g/mol. The number of nitriles is 1. The molecule has 1 fully saturated rings. The van der Waals surface area contributed by atoms with E-state index in [1.54, 1.807) is 13.2 Å². The summed E-state index contributed by atoms with van der Waals surface area (Å²) < 4.78 is 11.2. The Kier molecular flexibility index (Phi) is 10.1. The molecule has 1 aliphatic rings. The van der Waals surface area contributed by atoms with Crippen molar-refractivity contribution in [3.8, 4) is 6.07 Å². The maximum atomic E-state index is 13.1. The summed E-state index contributed by atoms with van der Waals surface area (Å²) in [5.41, 5.74) is 1.43. The first kappa shape index (κ1) is 28.7. The molecule has 0 spiro atoms. The number of fused-ring (bicyclic) bond motifs is 1. The van der Waals surface area contributed by atoms with Crippen molar-refractivity contribution in [3.05, 3.63) is 47.5 Å². The maximum absolute atomic E-state index is 13.1. The third kappa shape index (κ3) is 8.31. The summed E-state index contributed by atoms with van der Waals surface area (Å²) in [6, 6.07) is 14.7. The Morgan fingerprint density at radius 1 is 1.05 bits per heavy atom. The van der Waals surface area contributed by atoms with Crippen LogP contribution in [0.15, 0.2) is 42.0 Å². The number of ether oxygens (including phenoxy) is 2. The van der Waals surface area contributed by atoms with Gasteiger partial charge in [-0.2, -0.15) is 5.26 Å². The molecule has 1 aliphatic heterocycles. The zero-order chi connectivity index (χ0) is 26.9. The molecule has 1 heterocycles. The largest absolute Gasteiger partial charge is 0.385 e. The topological polar surface area (TPSA) is 74.6 Å². The van der Waals surface area contributed by atoms with E-state index in [1.165, 1.54) is 24.9 Å². The normalized spacial score (nSPS) is 16.3. The lowest BCUT2D eigenvalue weighted by atomic mass is 9.94. The number of hydrogen-bond acceptors (Lipinski definition) is 5. The number of nitrogens with one attached hydrogen (secondary N) is 1. The first-order valence-corrected chi connectivity index (χ1v) is 13.5. The minimum atomic E-state index is -0.474. The fraction of sp³-hybridized carbons (Fsp3) is 0.548. The average Bonchev–Trinajstić information content (AvgIpc) is 2.90. The summed E-state index contributed by atoms with van der Waals surface area (Å²) >= 11 is 0. The van der Waals surface area contributed by atoms with Crippen molar-refractivity contribution in [1.29, 1.82) is 5.26 Å². The molecule has 6 nitrogen and oxygen atoms in total. The molecule has 0 saturated carbocycles. The predicted octanol–water partition coefficient (Wildman–Crippen LogP) is 6.24. The molecule has 2 aromatic carbocycles. The van der Waals surface area contributed by atoms with Gasteiger partial charge >= 0.3 is 0 Å². The summed E-state index contributed by atoms with van der Waals surface area (Å²) in [6.07, 6.45) is 7.66. The van der Waals surface area contributed by atoms with Gasteiger partial charge in [0.2, 0.25) is 0 Å². The van der Waals surface area contributed by atoms with Crippen LogP contribution < -0.4 is 10.2 Å². The minimum absolute atomic E-state index is 0.102. The summed E-state index contributed by atoms with van der Waals surface area (Å²) in [5, 5.41) is 15.1. The highest BCUT2D eigenvalue weighted by atomic mass is 16.5. The Bertz CT molecular complexity index is 1130. The molecule has 37 heavy (non-hydrogen) atoms. The van der Waals surface area contributed by atoms with E-state index in [9.17, 15) is 10.1 Å². The lowest BCUT2D eigenvalue weighted by molar-refractivity contribution is -0.119. The van der Waals surface area contributed by atoms with Gasteiger partial charge in [0, 0.05) is 44.6 Å². The van der Waals surface area contributed by atoms with Crippen LogP contribution in [0.4, 0.5) is 5.69 Å². The van der Waals surface area contributed by atoms with Gasteiger partial charge in [-0.15, -0.1) is 0 Å². The van der Waals surface area contributed by atoms with Crippen molar-refractivity contribution >= 4 is 28.4 Å². The lowest BCUT2D eigenvalue weighted by Crippen LogP contribution is -2.47. The fourth-order valence-electron chi connectivity index (χ4n) is 4.65. The van der Waals surface area contributed by atoms with Crippen LogP contribution in [0.5, 0.6) is 0 Å². The Hall–Kier alpha value is -2.88. The third-order valence-electron chi connectivity index (χ3n) is 7.50. The Labute approximate surface area is 222 Å². The third-order valence-corrected chi connectivity index (χ3v) is 7.50. The van der Waals surface area contributed by atoms with E-state index in [2.05, 4.69) is 40.6 Å². The monoisotopic (exact) mass is 505 g/mol. The van der Waals surface area contributed by atoms with Crippen molar-refractivity contribution < 1.29 is 14.3 Å². The molecular formula is C31H43N3O3. The fourth-order valence-corrected chi connectivity index (χ4v) is 4.65. The molecule has 2 aromatic rings. The van der Waals surface area contributed by atoms with Crippen LogP contribution in [0.25, 0.3) is 16.8 Å². The molecule has 0 aromatic heterocycles. The summed E-state index contributed by atoms with van der Waals surface area (Å²) in [4.78, 5) is 15.5. The van der Waals surface area contributed by atoms with E-state index in [0.717, 1.165) is 42.3 Å². The van der Waals surface area contributed by atoms with Gasteiger partial charge in [-0.3, -0.25) is 4.79 Å². The molecule has 3 rings (SSSR count). The van der Waals surface area contributed by atoms with Crippen LogP contribution >= 0.6 is 0 Å². The lowest BCUT2D eigenvalue weighted by Gasteiger charge is -2.32. The van der Waals surface area contributed by atoms with Crippen molar-refractivity contribution in [3.63, 3.8) is 0 Å². The number of benzene rings is 2. The van der Waals surface area contributed by atoms with Crippen LogP contribution in [0.3, 0.4) is 0 Å². The van der Waals surface area contributed by atoms with Crippen LogP contribution in [-0.4, -0.2) is 50.5 Å². The second kappa shape index (κ2) is 13.1. The Morgan fingerprint density at radius 2 is 1.76 bits per heavy atom. The molecule has 0 radical (unpaired) electrons. The molecule has 6 heteroatoms. The molecular weight excluding hydrogens is 462 g/mol. The van der Waals surface area contributed by atoms with Gasteiger partial charge in [0.1, 0.15) is 11.6 Å². The molecule has 1 unspecified atom stereocenters. The van der Waals surface area contributed by atoms with Gasteiger partial charge in [-0.05, 0) is 99.9 Å². The zero-order valence-electron chi connectivity index (χ0n) is 23.2. The quantitative estimate of drug-likeness (QED) is 0.273. The van der Waals surface area contributed by atoms with E-state index in [-0.39, 0.29) is 17.1 Å². The highest BCUT2D eigenvalue weighted by Gasteiger charge is 2.27. The van der Waals surface area contributed by atoms with E-state index in [0.29, 0.717) is 19.6 Å². The van der Waals surface area contributed by atoms with Gasteiger partial charge in [-0.25, -0.2) is 0 Å². The molecule has 1 N–H and O–H groups in total. The molecule has 200 valence electrons. The number of methoxy groups -OCH3 is 1. The van der Waals surface area contributed by atoms with Gasteiger partial charge in [0.05, 0.1) is 5.60 Å². The SMILES string of the molecule is CCC(C)(CCOC(C)(C)CCOC)NC(=O)C(C#N)=Cc1ccc2cc(N3CCCCC3)ccc2c1. The molecule has 1 saturated heterocycles. The highest BCUT2D eigenvalue weighted by molar-refractivity contribution is 6.02. The number of carbonyl (C=O) groups excluding carboxylic acids is 1. The second-order valence-corrected chi connectivity index (χ2v) is 11.0. The van der Waals surface area contributed by atoms with Crippen LogP contribution in [0.1, 0.15) is 71.8 Å². The number of hydrogen-bond donors (Lipinski definition) is 1. The molecule has 1 atom stereocenters. The maximum Gasteiger partial charge on any atom is 0.262 e. The summed E-state index contributed by atoms with van der Waals surface area (Å²) in [7, 11) is 1.68. The van der Waals surface area contributed by atoms with E-state index >= 15 is 0 Å². The van der Waals surface area contributed by atoms with Crippen molar-refractivity contribution in [1.82, 2.24) is 5.32 Å². The van der Waals surface area contributed by atoms with E-state index < -0.39 is 5.54 Å². The van der Waals surface area contributed by atoms with Gasteiger partial charge in [0.15, 0.2) is 0 Å². The number of nitrogens with zero attached hydrogens (tertiary/aromatic N) is 2. The number of anilines is 1.